The van der Waals surface area contributed by atoms with Crippen LogP contribution in [0, 0.1) is 5.92 Å². The van der Waals surface area contributed by atoms with Gasteiger partial charge in [0.15, 0.2) is 11.5 Å². The Morgan fingerprint density at radius 1 is 1.26 bits per heavy atom. The molecule has 0 aliphatic carbocycles. The van der Waals surface area contributed by atoms with E-state index in [1.807, 2.05) is 13.8 Å². The maximum absolute atomic E-state index is 9.76. The highest BCUT2D eigenvalue weighted by atomic mass is 16.5. The van der Waals surface area contributed by atoms with Crippen LogP contribution < -0.4 is 0 Å². The zero-order valence-electron chi connectivity index (χ0n) is 11.0. The van der Waals surface area contributed by atoms with Crippen LogP contribution in [0.2, 0.25) is 0 Å². The number of methoxy groups -OCH3 is 1. The predicted molar refractivity (Wildman–Crippen MR) is 67.7 cm³/mol. The quantitative estimate of drug-likeness (QED) is 0.825. The van der Waals surface area contributed by atoms with Crippen molar-refractivity contribution in [2.45, 2.75) is 20.0 Å². The Morgan fingerprint density at radius 3 is 2.63 bits per heavy atom. The van der Waals surface area contributed by atoms with Gasteiger partial charge in [-0.25, -0.2) is 0 Å². The first-order valence-corrected chi connectivity index (χ1v) is 5.92. The van der Waals surface area contributed by atoms with E-state index >= 15 is 0 Å². The molecule has 1 aromatic heterocycles. The zero-order valence-corrected chi connectivity index (χ0v) is 11.0. The first kappa shape index (κ1) is 13.4. The second kappa shape index (κ2) is 5.27. The SMILES string of the molecule is COC(c1noc(-c2cccc(O)c2O)n1)C(C)C. The van der Waals surface area contributed by atoms with Crippen molar-refractivity contribution in [1.82, 2.24) is 10.1 Å². The highest BCUT2D eigenvalue weighted by Gasteiger charge is 2.23. The second-order valence-electron chi connectivity index (χ2n) is 4.53. The summed E-state index contributed by atoms with van der Waals surface area (Å²) in [7, 11) is 1.58. The summed E-state index contributed by atoms with van der Waals surface area (Å²) in [5.74, 6) is 0.232. The van der Waals surface area contributed by atoms with Gasteiger partial charge >= 0.3 is 0 Å². The van der Waals surface area contributed by atoms with E-state index in [-0.39, 0.29) is 35.0 Å². The summed E-state index contributed by atoms with van der Waals surface area (Å²) < 4.78 is 10.4. The number of hydrogen-bond acceptors (Lipinski definition) is 6. The van der Waals surface area contributed by atoms with Crippen LogP contribution in [0.15, 0.2) is 22.7 Å². The van der Waals surface area contributed by atoms with Gasteiger partial charge in [0.2, 0.25) is 5.82 Å². The molecule has 0 aliphatic heterocycles. The van der Waals surface area contributed by atoms with Crippen molar-refractivity contribution in [2.75, 3.05) is 7.11 Å². The maximum Gasteiger partial charge on any atom is 0.261 e. The van der Waals surface area contributed by atoms with E-state index in [0.29, 0.717) is 5.82 Å². The summed E-state index contributed by atoms with van der Waals surface area (Å²) in [6, 6.07) is 4.55. The molecule has 0 bridgehead atoms. The smallest absolute Gasteiger partial charge is 0.261 e. The molecule has 2 rings (SSSR count). The molecule has 2 N–H and O–H groups in total. The molecule has 0 spiro atoms. The van der Waals surface area contributed by atoms with Gasteiger partial charge in [-0.3, -0.25) is 0 Å². The van der Waals surface area contributed by atoms with Gasteiger partial charge in [0, 0.05) is 7.11 Å². The lowest BCUT2D eigenvalue weighted by Gasteiger charge is -2.14. The maximum atomic E-state index is 9.76. The monoisotopic (exact) mass is 264 g/mol. The molecule has 6 heteroatoms. The molecule has 2 aromatic rings. The molecule has 0 fully saturated rings. The number of nitrogens with zero attached hydrogens (tertiary/aromatic N) is 2. The lowest BCUT2D eigenvalue weighted by molar-refractivity contribution is 0.0556. The minimum Gasteiger partial charge on any atom is -0.504 e. The predicted octanol–water partition coefficient (Wildman–Crippen LogP) is 2.49. The summed E-state index contributed by atoms with van der Waals surface area (Å²) >= 11 is 0. The Hall–Kier alpha value is -2.08. The van der Waals surface area contributed by atoms with Crippen LogP contribution in [0.4, 0.5) is 0 Å². The fraction of sp³-hybridized carbons (Fsp3) is 0.385. The van der Waals surface area contributed by atoms with Gasteiger partial charge < -0.3 is 19.5 Å². The van der Waals surface area contributed by atoms with Crippen LogP contribution in [-0.2, 0) is 4.74 Å². The third-order valence-corrected chi connectivity index (χ3v) is 2.80. The van der Waals surface area contributed by atoms with E-state index in [2.05, 4.69) is 10.1 Å². The van der Waals surface area contributed by atoms with E-state index < -0.39 is 0 Å². The van der Waals surface area contributed by atoms with Gasteiger partial charge in [-0.1, -0.05) is 25.1 Å². The van der Waals surface area contributed by atoms with Gasteiger partial charge in [0.05, 0.1) is 5.56 Å². The van der Waals surface area contributed by atoms with Gasteiger partial charge in [-0.2, -0.15) is 4.98 Å². The van der Waals surface area contributed by atoms with Crippen molar-refractivity contribution >= 4 is 0 Å². The number of hydrogen-bond donors (Lipinski definition) is 2. The van der Waals surface area contributed by atoms with Gasteiger partial charge in [0.1, 0.15) is 6.10 Å². The van der Waals surface area contributed by atoms with Crippen molar-refractivity contribution in [3.05, 3.63) is 24.0 Å². The van der Waals surface area contributed by atoms with Crippen LogP contribution in [0.3, 0.4) is 0 Å². The lowest BCUT2D eigenvalue weighted by Crippen LogP contribution is -2.10. The number of aromatic nitrogens is 2. The fourth-order valence-corrected chi connectivity index (χ4v) is 1.84. The van der Waals surface area contributed by atoms with Crippen molar-refractivity contribution < 1.29 is 19.5 Å². The zero-order chi connectivity index (χ0) is 14.0. The van der Waals surface area contributed by atoms with Gasteiger partial charge in [0.25, 0.3) is 5.89 Å². The van der Waals surface area contributed by atoms with E-state index in [0.717, 1.165) is 0 Å². The minimum absolute atomic E-state index is 0.145. The first-order chi connectivity index (χ1) is 9.04. The highest BCUT2D eigenvalue weighted by molar-refractivity contribution is 5.66. The largest absolute Gasteiger partial charge is 0.504 e. The average molecular weight is 264 g/mol. The molecule has 1 aromatic carbocycles. The Morgan fingerprint density at radius 2 is 2.00 bits per heavy atom. The Labute approximate surface area is 110 Å². The molecule has 1 unspecified atom stereocenters. The topological polar surface area (TPSA) is 88.6 Å². The Kier molecular flexibility index (Phi) is 3.71. The molecule has 1 atom stereocenters. The number of benzene rings is 1. The second-order valence-corrected chi connectivity index (χ2v) is 4.53. The molecule has 0 aliphatic rings. The molecule has 0 saturated heterocycles. The third-order valence-electron chi connectivity index (χ3n) is 2.80. The molecular weight excluding hydrogens is 248 g/mol. The molecule has 1 heterocycles. The summed E-state index contributed by atoms with van der Waals surface area (Å²) in [6.45, 7) is 3.96. The van der Waals surface area contributed by atoms with E-state index in [4.69, 9.17) is 9.26 Å². The van der Waals surface area contributed by atoms with Gasteiger partial charge in [-0.05, 0) is 18.1 Å². The molecule has 0 radical (unpaired) electrons. The number of phenols is 2. The van der Waals surface area contributed by atoms with Crippen molar-refractivity contribution in [1.29, 1.82) is 0 Å². The van der Waals surface area contributed by atoms with E-state index in [9.17, 15) is 10.2 Å². The van der Waals surface area contributed by atoms with Crippen LogP contribution in [-0.4, -0.2) is 27.5 Å². The average Bonchev–Trinajstić information content (AvgIpc) is 2.82. The summed E-state index contributed by atoms with van der Waals surface area (Å²) in [6.07, 6.45) is -0.281. The number of phenolic OH excluding ortho intramolecular Hbond substituents is 2. The summed E-state index contributed by atoms with van der Waals surface area (Å²) in [5.41, 5.74) is 0.289. The molecule has 19 heavy (non-hydrogen) atoms. The molecule has 102 valence electrons. The Bertz CT molecular complexity index is 566. The van der Waals surface area contributed by atoms with Crippen molar-refractivity contribution in [2.24, 2.45) is 5.92 Å². The minimum atomic E-state index is -0.281. The third kappa shape index (κ3) is 2.53. The van der Waals surface area contributed by atoms with Crippen LogP contribution >= 0.6 is 0 Å². The normalized spacial score (nSPS) is 12.8. The van der Waals surface area contributed by atoms with Crippen molar-refractivity contribution in [3.63, 3.8) is 0 Å². The van der Waals surface area contributed by atoms with Gasteiger partial charge in [-0.15, -0.1) is 0 Å². The van der Waals surface area contributed by atoms with Crippen LogP contribution in [0.1, 0.15) is 25.8 Å². The Balaban J connectivity index is 2.38. The standard InChI is InChI=1S/C13H16N2O4/c1-7(2)11(18-3)12-14-13(19-15-12)8-5-4-6-9(16)10(8)17/h4-7,11,16-17H,1-3H3. The van der Waals surface area contributed by atoms with E-state index in [1.165, 1.54) is 6.07 Å². The lowest BCUT2D eigenvalue weighted by atomic mass is 10.1. The first-order valence-electron chi connectivity index (χ1n) is 5.92. The van der Waals surface area contributed by atoms with Crippen LogP contribution in [0.5, 0.6) is 11.5 Å². The van der Waals surface area contributed by atoms with E-state index in [1.54, 1.807) is 19.2 Å². The van der Waals surface area contributed by atoms with Crippen LogP contribution in [0.25, 0.3) is 11.5 Å². The van der Waals surface area contributed by atoms with Crippen molar-refractivity contribution in [3.8, 4) is 23.0 Å². The molecule has 0 amide bonds. The number of aromatic hydroxyl groups is 2. The molecule has 6 nitrogen and oxygen atoms in total. The molecule has 0 saturated carbocycles. The summed E-state index contributed by atoms with van der Waals surface area (Å²) in [4.78, 5) is 4.20. The summed E-state index contributed by atoms with van der Waals surface area (Å²) in [5, 5.41) is 23.1. The number of para-hydroxylation sites is 1. The highest BCUT2D eigenvalue weighted by Crippen LogP contribution is 2.36. The molecular formula is C13H16N2O4. The number of ether oxygens (including phenoxy) is 1. The number of rotatable bonds is 4. The fourth-order valence-electron chi connectivity index (χ4n) is 1.84.